The number of benzene rings is 2. The molecule has 1 aliphatic heterocycles. The van der Waals surface area contributed by atoms with Crippen molar-refractivity contribution < 1.29 is 9.53 Å². The van der Waals surface area contributed by atoms with E-state index in [1.54, 1.807) is 0 Å². The standard InChI is InChI=1S/C25H29N5O2/c1-3-32-22-12-8-7-11-21(22)27-25(31)19(2)29-15-17-30(18-16-29)23-13-14-26-24(28-23)20-9-5-4-6-10-20/h4-14,19H,3,15-18H2,1-2H3,(H,27,31). The molecule has 1 N–H and O–H groups in total. The van der Waals surface area contributed by atoms with Crippen molar-refractivity contribution in [1.29, 1.82) is 0 Å². The first-order chi connectivity index (χ1) is 15.7. The summed E-state index contributed by atoms with van der Waals surface area (Å²) in [5, 5.41) is 3.02. The lowest BCUT2D eigenvalue weighted by Gasteiger charge is -2.38. The topological polar surface area (TPSA) is 70.6 Å². The van der Waals surface area contributed by atoms with Crippen molar-refractivity contribution >= 4 is 17.4 Å². The quantitative estimate of drug-likeness (QED) is 0.615. The average molecular weight is 432 g/mol. The fourth-order valence-electron chi connectivity index (χ4n) is 3.84. The number of amides is 1. The van der Waals surface area contributed by atoms with Gasteiger partial charge in [-0.1, -0.05) is 42.5 Å². The van der Waals surface area contributed by atoms with Gasteiger partial charge in [0, 0.05) is 37.9 Å². The van der Waals surface area contributed by atoms with Crippen LogP contribution in [-0.4, -0.2) is 59.6 Å². The monoisotopic (exact) mass is 431 g/mol. The molecule has 32 heavy (non-hydrogen) atoms. The van der Waals surface area contributed by atoms with Gasteiger partial charge in [-0.2, -0.15) is 0 Å². The number of carbonyl (C=O) groups excluding carboxylic acids is 1. The molecule has 3 aromatic rings. The predicted molar refractivity (Wildman–Crippen MR) is 127 cm³/mol. The number of hydrogen-bond donors (Lipinski definition) is 1. The number of piperazine rings is 1. The number of hydrogen-bond acceptors (Lipinski definition) is 6. The van der Waals surface area contributed by atoms with Crippen molar-refractivity contribution in [2.24, 2.45) is 0 Å². The van der Waals surface area contributed by atoms with Crippen LogP contribution in [-0.2, 0) is 4.79 Å². The van der Waals surface area contributed by atoms with Crippen molar-refractivity contribution in [3.63, 3.8) is 0 Å². The van der Waals surface area contributed by atoms with Gasteiger partial charge in [0.1, 0.15) is 11.6 Å². The lowest BCUT2D eigenvalue weighted by atomic mass is 10.2. The van der Waals surface area contributed by atoms with Gasteiger partial charge in [0.25, 0.3) is 0 Å². The SMILES string of the molecule is CCOc1ccccc1NC(=O)C(C)N1CCN(c2ccnc(-c3ccccc3)n2)CC1. The molecule has 7 heteroatoms. The Morgan fingerprint density at radius 1 is 1.03 bits per heavy atom. The number of nitrogens with zero attached hydrogens (tertiary/aromatic N) is 4. The normalized spacial score (nSPS) is 15.2. The molecule has 0 spiro atoms. The number of aromatic nitrogens is 2. The first kappa shape index (κ1) is 21.8. The summed E-state index contributed by atoms with van der Waals surface area (Å²) in [6.07, 6.45) is 1.81. The number of nitrogens with one attached hydrogen (secondary N) is 1. The molecule has 1 aromatic heterocycles. The van der Waals surface area contributed by atoms with Crippen molar-refractivity contribution in [3.05, 3.63) is 66.9 Å². The van der Waals surface area contributed by atoms with Crippen LogP contribution < -0.4 is 15.0 Å². The van der Waals surface area contributed by atoms with E-state index in [2.05, 4.69) is 20.1 Å². The number of carbonyl (C=O) groups is 1. The van der Waals surface area contributed by atoms with Crippen LogP contribution in [0.3, 0.4) is 0 Å². The molecular formula is C25H29N5O2. The Bertz CT molecular complexity index is 1040. The Kier molecular flexibility index (Phi) is 6.97. The molecule has 2 heterocycles. The zero-order valence-corrected chi connectivity index (χ0v) is 18.6. The minimum absolute atomic E-state index is 0.0287. The van der Waals surface area contributed by atoms with Crippen molar-refractivity contribution in [2.75, 3.05) is 43.0 Å². The summed E-state index contributed by atoms with van der Waals surface area (Å²) in [6.45, 7) is 7.61. The predicted octanol–water partition coefficient (Wildman–Crippen LogP) is 3.69. The van der Waals surface area contributed by atoms with Gasteiger partial charge in [-0.05, 0) is 32.0 Å². The minimum Gasteiger partial charge on any atom is -0.492 e. The third kappa shape index (κ3) is 5.06. The van der Waals surface area contributed by atoms with Gasteiger partial charge >= 0.3 is 0 Å². The van der Waals surface area contributed by atoms with E-state index in [0.717, 1.165) is 43.4 Å². The fraction of sp³-hybridized carbons (Fsp3) is 0.320. The van der Waals surface area contributed by atoms with Gasteiger partial charge in [0.15, 0.2) is 5.82 Å². The summed E-state index contributed by atoms with van der Waals surface area (Å²) in [4.78, 5) is 26.5. The van der Waals surface area contributed by atoms with Crippen molar-refractivity contribution in [2.45, 2.75) is 19.9 Å². The molecule has 0 saturated carbocycles. The van der Waals surface area contributed by atoms with Crippen LogP contribution >= 0.6 is 0 Å². The molecular weight excluding hydrogens is 402 g/mol. The molecule has 4 rings (SSSR count). The van der Waals surface area contributed by atoms with Gasteiger partial charge in [-0.15, -0.1) is 0 Å². The van der Waals surface area contributed by atoms with E-state index in [1.807, 2.05) is 80.7 Å². The average Bonchev–Trinajstić information content (AvgIpc) is 2.85. The second-order valence-electron chi connectivity index (χ2n) is 7.72. The number of ether oxygens (including phenoxy) is 1. The van der Waals surface area contributed by atoms with Gasteiger partial charge in [0.05, 0.1) is 18.3 Å². The molecule has 7 nitrogen and oxygen atoms in total. The van der Waals surface area contributed by atoms with E-state index < -0.39 is 0 Å². The second kappa shape index (κ2) is 10.2. The minimum atomic E-state index is -0.239. The Morgan fingerprint density at radius 3 is 2.50 bits per heavy atom. The summed E-state index contributed by atoms with van der Waals surface area (Å²) in [5.74, 6) is 2.31. The van der Waals surface area contributed by atoms with E-state index in [1.165, 1.54) is 0 Å². The number of anilines is 2. The molecule has 0 bridgehead atoms. The maximum absolute atomic E-state index is 12.9. The van der Waals surface area contributed by atoms with Crippen LogP contribution in [0.25, 0.3) is 11.4 Å². The summed E-state index contributed by atoms with van der Waals surface area (Å²) in [6, 6.07) is 19.2. The third-order valence-corrected chi connectivity index (χ3v) is 5.68. The number of para-hydroxylation sites is 2. The van der Waals surface area contributed by atoms with E-state index >= 15 is 0 Å². The molecule has 1 atom stereocenters. The van der Waals surface area contributed by atoms with Gasteiger partial charge < -0.3 is 15.0 Å². The first-order valence-corrected chi connectivity index (χ1v) is 11.1. The summed E-state index contributed by atoms with van der Waals surface area (Å²) in [5.41, 5.74) is 1.71. The lowest BCUT2D eigenvalue weighted by Crippen LogP contribution is -2.53. The number of rotatable bonds is 7. The van der Waals surface area contributed by atoms with Crippen LogP contribution in [0, 0.1) is 0 Å². The highest BCUT2D eigenvalue weighted by Crippen LogP contribution is 2.24. The second-order valence-corrected chi connectivity index (χ2v) is 7.72. The summed E-state index contributed by atoms with van der Waals surface area (Å²) in [7, 11) is 0. The van der Waals surface area contributed by atoms with Crippen LogP contribution in [0.1, 0.15) is 13.8 Å². The lowest BCUT2D eigenvalue weighted by molar-refractivity contribution is -0.120. The van der Waals surface area contributed by atoms with Crippen LogP contribution in [0.15, 0.2) is 66.9 Å². The van der Waals surface area contributed by atoms with E-state index in [4.69, 9.17) is 9.72 Å². The van der Waals surface area contributed by atoms with Crippen molar-refractivity contribution in [1.82, 2.24) is 14.9 Å². The van der Waals surface area contributed by atoms with Gasteiger partial charge in [-0.25, -0.2) is 9.97 Å². The smallest absolute Gasteiger partial charge is 0.241 e. The van der Waals surface area contributed by atoms with Crippen LogP contribution in [0.5, 0.6) is 5.75 Å². The Balaban J connectivity index is 1.36. The van der Waals surface area contributed by atoms with Crippen LogP contribution in [0.4, 0.5) is 11.5 Å². The Morgan fingerprint density at radius 2 is 1.75 bits per heavy atom. The Labute approximate surface area is 189 Å². The van der Waals surface area contributed by atoms with Gasteiger partial charge in [0.2, 0.25) is 5.91 Å². The molecule has 1 saturated heterocycles. The molecule has 1 aliphatic rings. The zero-order chi connectivity index (χ0) is 22.3. The van der Waals surface area contributed by atoms with Crippen molar-refractivity contribution in [3.8, 4) is 17.1 Å². The molecule has 1 amide bonds. The molecule has 1 unspecified atom stereocenters. The van der Waals surface area contributed by atoms with E-state index in [0.29, 0.717) is 18.0 Å². The molecule has 2 aromatic carbocycles. The highest BCUT2D eigenvalue weighted by Gasteiger charge is 2.26. The van der Waals surface area contributed by atoms with Crippen LogP contribution in [0.2, 0.25) is 0 Å². The molecule has 0 radical (unpaired) electrons. The third-order valence-electron chi connectivity index (χ3n) is 5.68. The molecule has 0 aliphatic carbocycles. The fourth-order valence-corrected chi connectivity index (χ4v) is 3.84. The summed E-state index contributed by atoms with van der Waals surface area (Å²) >= 11 is 0. The van der Waals surface area contributed by atoms with Gasteiger partial charge in [-0.3, -0.25) is 9.69 Å². The Hall–Kier alpha value is -3.45. The highest BCUT2D eigenvalue weighted by atomic mass is 16.5. The first-order valence-electron chi connectivity index (χ1n) is 11.1. The largest absolute Gasteiger partial charge is 0.492 e. The highest BCUT2D eigenvalue weighted by molar-refractivity contribution is 5.95. The van der Waals surface area contributed by atoms with E-state index in [9.17, 15) is 4.79 Å². The van der Waals surface area contributed by atoms with E-state index in [-0.39, 0.29) is 11.9 Å². The maximum Gasteiger partial charge on any atom is 0.241 e. The molecule has 1 fully saturated rings. The summed E-state index contributed by atoms with van der Waals surface area (Å²) < 4.78 is 5.62. The zero-order valence-electron chi connectivity index (χ0n) is 18.6. The maximum atomic E-state index is 12.9. The molecule has 166 valence electrons.